The van der Waals surface area contributed by atoms with Crippen molar-refractivity contribution in [2.75, 3.05) is 0 Å². The van der Waals surface area contributed by atoms with Crippen LogP contribution in [-0.4, -0.2) is 0 Å². The molecule has 0 atom stereocenters. The Balaban J connectivity index is 0.00000128. The monoisotopic (exact) mass is 394 g/mol. The number of rotatable bonds is 2. The van der Waals surface area contributed by atoms with Crippen molar-refractivity contribution >= 4 is 34.0 Å². The molecule has 0 radical (unpaired) electrons. The van der Waals surface area contributed by atoms with Gasteiger partial charge in [0, 0.05) is 0 Å². The average Bonchev–Trinajstić information content (AvgIpc) is 2.68. The van der Waals surface area contributed by atoms with Crippen LogP contribution in [0.25, 0.3) is 0 Å². The molecule has 0 nitrogen and oxygen atoms in total. The van der Waals surface area contributed by atoms with E-state index in [4.69, 9.17) is 0 Å². The van der Waals surface area contributed by atoms with Gasteiger partial charge >= 0.3 is 102 Å². The van der Waals surface area contributed by atoms with Crippen molar-refractivity contribution in [3.8, 4) is 0 Å². The molecule has 0 saturated carbocycles. The molecule has 0 bridgehead atoms. The predicted molar refractivity (Wildman–Crippen MR) is 82.8 cm³/mol. The van der Waals surface area contributed by atoms with Crippen LogP contribution in [0.4, 0.5) is 0 Å². The molecule has 94 valence electrons. The Kier molecular flexibility index (Phi) is 7.55. The number of halogens is 2. The van der Waals surface area contributed by atoms with Crippen LogP contribution in [0.1, 0.15) is 40.5 Å². The summed E-state index contributed by atoms with van der Waals surface area (Å²) < 4.78 is 3.51. The molecule has 2 aliphatic carbocycles. The van der Waals surface area contributed by atoms with Crippen molar-refractivity contribution in [1.82, 2.24) is 0 Å². The van der Waals surface area contributed by atoms with Gasteiger partial charge in [0.15, 0.2) is 0 Å². The van der Waals surface area contributed by atoms with Gasteiger partial charge < -0.3 is 0 Å². The topological polar surface area (TPSA) is 0 Å². The van der Waals surface area contributed by atoms with Gasteiger partial charge in [-0.3, -0.25) is 0 Å². The van der Waals surface area contributed by atoms with Gasteiger partial charge in [-0.2, -0.15) is 0 Å². The van der Waals surface area contributed by atoms with Gasteiger partial charge in [0.2, 0.25) is 0 Å². The molecule has 0 fully saturated rings. The zero-order valence-corrected chi connectivity index (χ0v) is 15.9. The molecule has 0 saturated heterocycles. The first-order valence-corrected chi connectivity index (χ1v) is 7.16. The predicted octanol–water partition coefficient (Wildman–Crippen LogP) is 5.47. The summed E-state index contributed by atoms with van der Waals surface area (Å²) in [5.41, 5.74) is 6.18. The fraction of sp³-hybridized carbons (Fsp3) is 0.429. The first kappa shape index (κ1) is 17.6. The van der Waals surface area contributed by atoms with E-state index in [9.17, 15) is 0 Å². The molecule has 0 spiro atoms. The van der Waals surface area contributed by atoms with Crippen molar-refractivity contribution in [3.63, 3.8) is 0 Å². The van der Waals surface area contributed by atoms with E-state index in [0.29, 0.717) is 0 Å². The Morgan fingerprint density at radius 1 is 0.765 bits per heavy atom. The number of hydrogen-bond acceptors (Lipinski definition) is 0. The first-order chi connectivity index (χ1) is 7.09. The van der Waals surface area contributed by atoms with Crippen molar-refractivity contribution < 1.29 is 19.2 Å². The summed E-state index contributed by atoms with van der Waals surface area (Å²) in [6.07, 6.45) is 7.24. The quantitative estimate of drug-likeness (QED) is 0.543. The van der Waals surface area contributed by atoms with Crippen molar-refractivity contribution in [2.24, 2.45) is 0 Å². The molecule has 0 unspecified atom stereocenters. The molecule has 2 aliphatic rings. The van der Waals surface area contributed by atoms with Crippen molar-refractivity contribution in [2.45, 2.75) is 40.5 Å². The van der Waals surface area contributed by atoms with Crippen molar-refractivity contribution in [1.29, 1.82) is 0 Å². The second-order valence-electron chi connectivity index (χ2n) is 4.51. The first-order valence-electron chi connectivity index (χ1n) is 5.60. The van der Waals surface area contributed by atoms with Gasteiger partial charge in [0.25, 0.3) is 0 Å². The summed E-state index contributed by atoms with van der Waals surface area (Å²) in [5.74, 6) is 0. The number of allylic oxidation sites excluding steroid dienone is 8. The fourth-order valence-corrected chi connectivity index (χ4v) is 4.48. The van der Waals surface area contributed by atoms with Gasteiger partial charge in [-0.15, -0.1) is 34.0 Å². The third-order valence-electron chi connectivity index (χ3n) is 3.61. The molecule has 0 aliphatic heterocycles. The van der Waals surface area contributed by atoms with E-state index in [1.54, 1.807) is 18.9 Å². The van der Waals surface area contributed by atoms with E-state index >= 15 is 0 Å². The molecular formula is C14H20Br2Ti. The molecular weight excluding hydrogens is 376 g/mol. The molecule has 0 amide bonds. The molecule has 0 heterocycles. The summed E-state index contributed by atoms with van der Waals surface area (Å²) in [5, 5.41) is 0. The van der Waals surface area contributed by atoms with E-state index in [-0.39, 0.29) is 53.1 Å². The van der Waals surface area contributed by atoms with E-state index in [0.717, 1.165) is 0 Å². The Morgan fingerprint density at radius 2 is 1.12 bits per heavy atom. The normalized spacial score (nSPS) is 18.6. The van der Waals surface area contributed by atoms with Gasteiger partial charge in [-0.05, 0) is 0 Å². The van der Waals surface area contributed by atoms with E-state index in [1.807, 2.05) is 0 Å². The second kappa shape index (κ2) is 7.28. The zero-order chi connectivity index (χ0) is 11.0. The van der Waals surface area contributed by atoms with Crippen molar-refractivity contribution in [3.05, 3.63) is 42.2 Å². The third kappa shape index (κ3) is 3.80. The molecule has 3 heteroatoms. The minimum absolute atomic E-state index is 0. The molecule has 0 aromatic carbocycles. The zero-order valence-electron chi connectivity index (χ0n) is 10.9. The van der Waals surface area contributed by atoms with Crippen LogP contribution in [-0.2, 0) is 19.2 Å². The van der Waals surface area contributed by atoms with E-state index in [1.165, 1.54) is 24.0 Å². The van der Waals surface area contributed by atoms with Gasteiger partial charge in [0.05, 0.1) is 0 Å². The van der Waals surface area contributed by atoms with Gasteiger partial charge in [-0.25, -0.2) is 0 Å². The molecule has 0 aromatic rings. The van der Waals surface area contributed by atoms with Crippen LogP contribution >= 0.6 is 34.0 Å². The van der Waals surface area contributed by atoms with Crippen LogP contribution in [0, 0.1) is 0 Å². The van der Waals surface area contributed by atoms with E-state index in [2.05, 4.69) is 39.8 Å². The summed E-state index contributed by atoms with van der Waals surface area (Å²) >= 11 is -0.00593. The molecule has 0 aromatic heterocycles. The SMILES string of the molecule is Br.Br.CC1=CC[C]([Ti][C]2=C(C)C(C)=CC2)=C1C. The fourth-order valence-electron chi connectivity index (χ4n) is 2.07. The van der Waals surface area contributed by atoms with Gasteiger partial charge in [0.1, 0.15) is 0 Å². The molecule has 17 heavy (non-hydrogen) atoms. The van der Waals surface area contributed by atoms with Crippen LogP contribution in [0.3, 0.4) is 0 Å². The van der Waals surface area contributed by atoms with E-state index < -0.39 is 0 Å². The maximum atomic E-state index is 2.39. The number of hydrogen-bond donors (Lipinski definition) is 0. The maximum absolute atomic E-state index is 2.39. The summed E-state index contributed by atoms with van der Waals surface area (Å²) in [6, 6.07) is 0. The molecule has 0 N–H and O–H groups in total. The summed E-state index contributed by atoms with van der Waals surface area (Å²) in [7, 11) is 0. The third-order valence-corrected chi connectivity index (χ3v) is 6.37. The molecule has 2 rings (SSSR count). The summed E-state index contributed by atoms with van der Waals surface area (Å²) in [4.78, 5) is 0. The van der Waals surface area contributed by atoms with Gasteiger partial charge in [-0.1, -0.05) is 0 Å². The van der Waals surface area contributed by atoms with Crippen LogP contribution in [0.5, 0.6) is 0 Å². The Hall–Kier alpha value is 0.634. The average molecular weight is 396 g/mol. The Morgan fingerprint density at radius 3 is 1.35 bits per heavy atom. The standard InChI is InChI=1S/2C7H9.2BrH.Ti/c2*1-6-4-3-5-7(6)2;;;/h2*4H,3H2,1-2H3;2*1H;. The minimum atomic E-state index is -0.00593. The Labute approximate surface area is 135 Å². The van der Waals surface area contributed by atoms with Crippen LogP contribution < -0.4 is 0 Å². The van der Waals surface area contributed by atoms with Crippen LogP contribution in [0.2, 0.25) is 0 Å². The second-order valence-corrected chi connectivity index (χ2v) is 6.79. The van der Waals surface area contributed by atoms with Crippen LogP contribution in [0.15, 0.2) is 42.2 Å². The Bertz CT molecular complexity index is 386. The summed E-state index contributed by atoms with van der Waals surface area (Å²) in [6.45, 7) is 9.08.